The van der Waals surface area contributed by atoms with Crippen LogP contribution in [0.3, 0.4) is 0 Å². The van der Waals surface area contributed by atoms with Crippen LogP contribution in [-0.4, -0.2) is 64.3 Å². The van der Waals surface area contributed by atoms with Crippen molar-refractivity contribution in [3.63, 3.8) is 0 Å². The lowest BCUT2D eigenvalue weighted by Crippen LogP contribution is -2.34. The third-order valence-electron chi connectivity index (χ3n) is 4.53. The van der Waals surface area contributed by atoms with Crippen molar-refractivity contribution in [1.29, 1.82) is 0 Å². The number of hydrogen-bond donors (Lipinski definition) is 1. The summed E-state index contributed by atoms with van der Waals surface area (Å²) >= 11 is 0. The number of rotatable bonds is 10. The van der Waals surface area contributed by atoms with Crippen molar-refractivity contribution in [3.8, 4) is 11.5 Å². The van der Waals surface area contributed by atoms with Gasteiger partial charge in [-0.25, -0.2) is 0 Å². The number of ether oxygens (including phenoxy) is 3. The third kappa shape index (κ3) is 5.36. The Morgan fingerprint density at radius 2 is 2.00 bits per heavy atom. The number of carbonyl (C=O) groups is 2. The maximum absolute atomic E-state index is 12.2. The Bertz CT molecular complexity index is 620. The Hall–Kier alpha value is -2.28. The number of hydrogen-bond acceptors (Lipinski definition) is 5. The quantitative estimate of drug-likeness (QED) is 0.632. The van der Waals surface area contributed by atoms with E-state index >= 15 is 0 Å². The van der Waals surface area contributed by atoms with Gasteiger partial charge < -0.3 is 24.4 Å². The van der Waals surface area contributed by atoms with E-state index in [1.165, 1.54) is 0 Å². The van der Waals surface area contributed by atoms with Gasteiger partial charge in [-0.15, -0.1) is 0 Å². The van der Waals surface area contributed by atoms with E-state index in [4.69, 9.17) is 14.2 Å². The summed E-state index contributed by atoms with van der Waals surface area (Å²) in [5, 5.41) is 2.87. The fourth-order valence-electron chi connectivity index (χ4n) is 3.04. The van der Waals surface area contributed by atoms with Crippen LogP contribution in [0.1, 0.15) is 18.4 Å². The molecule has 7 heteroatoms. The topological polar surface area (TPSA) is 77.1 Å². The van der Waals surface area contributed by atoms with Gasteiger partial charge >= 0.3 is 0 Å². The van der Waals surface area contributed by atoms with Crippen LogP contribution in [0.15, 0.2) is 18.2 Å². The second-order valence-corrected chi connectivity index (χ2v) is 6.32. The predicted molar refractivity (Wildman–Crippen MR) is 97.4 cm³/mol. The van der Waals surface area contributed by atoms with E-state index in [9.17, 15) is 9.59 Å². The van der Waals surface area contributed by atoms with Gasteiger partial charge in [0.1, 0.15) is 0 Å². The molecule has 0 radical (unpaired) electrons. The number of likely N-dealkylation sites (tertiary alicyclic amines) is 1. The first-order chi connectivity index (χ1) is 12.6. The lowest BCUT2D eigenvalue weighted by atomic mass is 10.1. The molecule has 0 spiro atoms. The largest absolute Gasteiger partial charge is 0.493 e. The Balaban J connectivity index is 1.83. The second kappa shape index (κ2) is 10.0. The summed E-state index contributed by atoms with van der Waals surface area (Å²) in [7, 11) is 4.83. The summed E-state index contributed by atoms with van der Waals surface area (Å²) in [6.07, 6.45) is 1.75. The normalized spacial score (nSPS) is 16.7. The van der Waals surface area contributed by atoms with Gasteiger partial charge in [-0.05, 0) is 30.5 Å². The molecule has 0 aromatic heterocycles. The summed E-state index contributed by atoms with van der Waals surface area (Å²) in [6.45, 7) is 2.24. The zero-order valence-electron chi connectivity index (χ0n) is 15.7. The van der Waals surface area contributed by atoms with Crippen molar-refractivity contribution in [2.75, 3.05) is 47.6 Å². The number of methoxy groups -OCH3 is 3. The lowest BCUT2D eigenvalue weighted by Gasteiger charge is -2.17. The zero-order valence-corrected chi connectivity index (χ0v) is 15.7. The average molecular weight is 364 g/mol. The molecule has 7 nitrogen and oxygen atoms in total. The minimum absolute atomic E-state index is 0.0301. The van der Waals surface area contributed by atoms with E-state index < -0.39 is 0 Å². The van der Waals surface area contributed by atoms with E-state index in [1.807, 2.05) is 18.2 Å². The molecule has 1 atom stereocenters. The molecule has 0 aliphatic carbocycles. The predicted octanol–water partition coefficient (Wildman–Crippen LogP) is 1.25. The van der Waals surface area contributed by atoms with E-state index in [-0.39, 0.29) is 24.2 Å². The summed E-state index contributed by atoms with van der Waals surface area (Å²) in [5.74, 6) is 1.06. The smallest absolute Gasteiger partial charge is 0.225 e. The standard InChI is InChI=1S/C19H28N2O5/c1-24-10-4-8-20-19(23)15-12-18(22)21(13-15)9-7-14-5-6-16(25-2)17(11-14)26-3/h5-6,11,15H,4,7-10,12-13H2,1-3H3,(H,20,23)/t15-/m0/s1. The first-order valence-corrected chi connectivity index (χ1v) is 8.84. The van der Waals surface area contributed by atoms with Crippen LogP contribution in [0.5, 0.6) is 11.5 Å². The van der Waals surface area contributed by atoms with Crippen molar-refractivity contribution in [1.82, 2.24) is 10.2 Å². The highest BCUT2D eigenvalue weighted by atomic mass is 16.5. The van der Waals surface area contributed by atoms with Gasteiger partial charge in [0, 0.05) is 39.8 Å². The third-order valence-corrected chi connectivity index (χ3v) is 4.53. The first-order valence-electron chi connectivity index (χ1n) is 8.84. The van der Waals surface area contributed by atoms with Crippen LogP contribution in [0.4, 0.5) is 0 Å². The summed E-state index contributed by atoms with van der Waals surface area (Å²) in [6, 6.07) is 5.73. The average Bonchev–Trinajstić information content (AvgIpc) is 3.04. The molecule has 0 bridgehead atoms. The highest BCUT2D eigenvalue weighted by molar-refractivity contribution is 5.89. The number of nitrogens with one attached hydrogen (secondary N) is 1. The van der Waals surface area contributed by atoms with Crippen LogP contribution in [0.25, 0.3) is 0 Å². The molecule has 144 valence electrons. The first kappa shape index (κ1) is 20.0. The molecule has 2 amide bonds. The second-order valence-electron chi connectivity index (χ2n) is 6.32. The van der Waals surface area contributed by atoms with Crippen LogP contribution in [0.2, 0.25) is 0 Å². The van der Waals surface area contributed by atoms with Crippen molar-refractivity contribution in [2.45, 2.75) is 19.3 Å². The van der Waals surface area contributed by atoms with Gasteiger partial charge in [0.15, 0.2) is 11.5 Å². The Morgan fingerprint density at radius 3 is 2.69 bits per heavy atom. The molecule has 1 aromatic carbocycles. The molecule has 2 rings (SSSR count). The van der Waals surface area contributed by atoms with Crippen LogP contribution < -0.4 is 14.8 Å². The maximum atomic E-state index is 12.2. The minimum atomic E-state index is -0.268. The summed E-state index contributed by atoms with van der Waals surface area (Å²) < 4.78 is 15.5. The zero-order chi connectivity index (χ0) is 18.9. The van der Waals surface area contributed by atoms with E-state index in [0.29, 0.717) is 44.2 Å². The molecule has 1 aliphatic rings. The molecule has 1 fully saturated rings. The lowest BCUT2D eigenvalue weighted by molar-refractivity contribution is -0.129. The van der Waals surface area contributed by atoms with Gasteiger partial charge in [-0.2, -0.15) is 0 Å². The van der Waals surface area contributed by atoms with Gasteiger partial charge in [0.05, 0.1) is 20.1 Å². The van der Waals surface area contributed by atoms with Crippen molar-refractivity contribution in [2.24, 2.45) is 5.92 Å². The summed E-state index contributed by atoms with van der Waals surface area (Å²) in [4.78, 5) is 26.1. The molecule has 1 heterocycles. The molecule has 0 unspecified atom stereocenters. The van der Waals surface area contributed by atoms with Gasteiger partial charge in [0.25, 0.3) is 0 Å². The number of nitrogens with zero attached hydrogens (tertiary/aromatic N) is 1. The fourth-order valence-corrected chi connectivity index (χ4v) is 3.04. The molecule has 1 N–H and O–H groups in total. The van der Waals surface area contributed by atoms with Gasteiger partial charge in [-0.3, -0.25) is 9.59 Å². The highest BCUT2D eigenvalue weighted by Gasteiger charge is 2.33. The molecular weight excluding hydrogens is 336 g/mol. The van der Waals surface area contributed by atoms with Crippen molar-refractivity contribution in [3.05, 3.63) is 23.8 Å². The highest BCUT2D eigenvalue weighted by Crippen LogP contribution is 2.28. The van der Waals surface area contributed by atoms with Crippen LogP contribution >= 0.6 is 0 Å². The van der Waals surface area contributed by atoms with E-state index in [0.717, 1.165) is 12.0 Å². The van der Waals surface area contributed by atoms with Crippen LogP contribution in [-0.2, 0) is 20.7 Å². The van der Waals surface area contributed by atoms with Crippen LogP contribution in [0, 0.1) is 5.92 Å². The van der Waals surface area contributed by atoms with E-state index in [1.54, 1.807) is 26.2 Å². The number of amides is 2. The Kier molecular flexibility index (Phi) is 7.72. The number of benzene rings is 1. The van der Waals surface area contributed by atoms with Gasteiger partial charge in [0.2, 0.25) is 11.8 Å². The monoisotopic (exact) mass is 364 g/mol. The minimum Gasteiger partial charge on any atom is -0.493 e. The van der Waals surface area contributed by atoms with Gasteiger partial charge in [-0.1, -0.05) is 6.07 Å². The molecule has 26 heavy (non-hydrogen) atoms. The molecule has 1 aromatic rings. The Labute approximate surface area is 154 Å². The van der Waals surface area contributed by atoms with Crippen molar-refractivity contribution >= 4 is 11.8 Å². The molecule has 1 aliphatic heterocycles. The molecular formula is C19H28N2O5. The number of carbonyl (C=O) groups excluding carboxylic acids is 2. The van der Waals surface area contributed by atoms with E-state index in [2.05, 4.69) is 5.32 Å². The van der Waals surface area contributed by atoms with Crippen molar-refractivity contribution < 1.29 is 23.8 Å². The summed E-state index contributed by atoms with van der Waals surface area (Å²) in [5.41, 5.74) is 1.06. The fraction of sp³-hybridized carbons (Fsp3) is 0.579. The molecule has 1 saturated heterocycles. The molecule has 0 saturated carbocycles. The Morgan fingerprint density at radius 1 is 1.23 bits per heavy atom. The maximum Gasteiger partial charge on any atom is 0.225 e. The SMILES string of the molecule is COCCCNC(=O)[C@H]1CC(=O)N(CCc2ccc(OC)c(OC)c2)C1.